The van der Waals surface area contributed by atoms with Crippen molar-refractivity contribution in [2.24, 2.45) is 0 Å². The molecule has 1 aromatic heterocycles. The Morgan fingerprint density at radius 1 is 1.03 bits per heavy atom. The van der Waals surface area contributed by atoms with Crippen LogP contribution in [0.5, 0.6) is 0 Å². The summed E-state index contributed by atoms with van der Waals surface area (Å²) in [7, 11) is -3.77. The summed E-state index contributed by atoms with van der Waals surface area (Å²) >= 11 is 6.89. The number of amides is 1. The Morgan fingerprint density at radius 2 is 1.66 bits per heavy atom. The number of carbonyl (C=O) groups is 2. The van der Waals surface area contributed by atoms with E-state index in [4.69, 9.17) is 11.6 Å². The van der Waals surface area contributed by atoms with Gasteiger partial charge in [-0.2, -0.15) is 0 Å². The average Bonchev–Trinajstić information content (AvgIpc) is 3.02. The lowest BCUT2D eigenvalue weighted by molar-refractivity contribution is 0.101. The van der Waals surface area contributed by atoms with Crippen LogP contribution < -0.4 is 10.0 Å². The number of aromatic nitrogens is 1. The van der Waals surface area contributed by atoms with Crippen molar-refractivity contribution in [2.45, 2.75) is 18.7 Å². The van der Waals surface area contributed by atoms with Gasteiger partial charge in [0.15, 0.2) is 10.9 Å². The van der Waals surface area contributed by atoms with Crippen LogP contribution in [-0.2, 0) is 10.0 Å². The molecule has 0 bridgehead atoms. The number of anilines is 2. The van der Waals surface area contributed by atoms with Crippen LogP contribution in [0, 0.1) is 6.92 Å². The Hall–Kier alpha value is -2.75. The third-order valence-corrected chi connectivity index (χ3v) is 6.68. The predicted octanol–water partition coefficient (Wildman–Crippen LogP) is 4.36. The van der Waals surface area contributed by atoms with Crippen molar-refractivity contribution in [1.82, 2.24) is 4.98 Å². The van der Waals surface area contributed by atoms with Crippen LogP contribution in [0.4, 0.5) is 10.8 Å². The number of nitrogens with one attached hydrogen (secondary N) is 2. The van der Waals surface area contributed by atoms with Gasteiger partial charge in [-0.3, -0.25) is 19.6 Å². The van der Waals surface area contributed by atoms with Gasteiger partial charge in [-0.05, 0) is 55.5 Å². The number of thiazole rings is 1. The molecule has 1 amide bonds. The van der Waals surface area contributed by atoms with Crippen molar-refractivity contribution in [3.63, 3.8) is 0 Å². The highest BCUT2D eigenvalue weighted by Gasteiger charge is 2.16. The lowest BCUT2D eigenvalue weighted by Gasteiger charge is -2.09. The summed E-state index contributed by atoms with van der Waals surface area (Å²) in [5.74, 6) is -0.529. The van der Waals surface area contributed by atoms with E-state index >= 15 is 0 Å². The average molecular weight is 450 g/mol. The molecule has 3 aromatic rings. The molecule has 150 valence electrons. The van der Waals surface area contributed by atoms with Crippen molar-refractivity contribution in [3.05, 3.63) is 69.7 Å². The zero-order valence-electron chi connectivity index (χ0n) is 15.4. The molecule has 29 heavy (non-hydrogen) atoms. The Kier molecular flexibility index (Phi) is 6.02. The van der Waals surface area contributed by atoms with Crippen LogP contribution in [0.2, 0.25) is 5.02 Å². The molecule has 1 heterocycles. The van der Waals surface area contributed by atoms with Crippen LogP contribution in [-0.4, -0.2) is 25.1 Å². The summed E-state index contributed by atoms with van der Waals surface area (Å²) in [5, 5.41) is 3.40. The summed E-state index contributed by atoms with van der Waals surface area (Å²) in [6.45, 7) is 3.14. The van der Waals surface area contributed by atoms with Crippen molar-refractivity contribution < 1.29 is 18.0 Å². The third-order valence-electron chi connectivity index (χ3n) is 3.86. The second-order valence-electron chi connectivity index (χ2n) is 6.08. The number of sulfonamides is 1. The summed E-state index contributed by atoms with van der Waals surface area (Å²) in [4.78, 5) is 28.6. The number of hydrogen-bond donors (Lipinski definition) is 2. The van der Waals surface area contributed by atoms with E-state index in [1.54, 1.807) is 6.92 Å². The molecule has 0 fully saturated rings. The molecular weight excluding hydrogens is 434 g/mol. The van der Waals surface area contributed by atoms with Gasteiger partial charge in [0.05, 0.1) is 15.5 Å². The third kappa shape index (κ3) is 5.00. The highest BCUT2D eigenvalue weighted by atomic mass is 35.5. The summed E-state index contributed by atoms with van der Waals surface area (Å²) in [6, 6.07) is 11.7. The normalized spacial score (nSPS) is 11.1. The largest absolute Gasteiger partial charge is 0.298 e. The first kappa shape index (κ1) is 21.0. The van der Waals surface area contributed by atoms with Gasteiger partial charge in [0.1, 0.15) is 0 Å². The number of Topliss-reactive ketones (excluding diaryl/α,β-unsaturated/α-hetero) is 1. The maximum atomic E-state index is 12.4. The monoisotopic (exact) mass is 449 g/mol. The van der Waals surface area contributed by atoms with E-state index in [0.29, 0.717) is 32.0 Å². The molecule has 0 unspecified atom stereocenters. The van der Waals surface area contributed by atoms with Gasteiger partial charge in [0.25, 0.3) is 15.9 Å². The predicted molar refractivity (Wildman–Crippen MR) is 114 cm³/mol. The summed E-state index contributed by atoms with van der Waals surface area (Å²) < 4.78 is 27.2. The van der Waals surface area contributed by atoms with Crippen LogP contribution in [0.25, 0.3) is 0 Å². The van der Waals surface area contributed by atoms with E-state index in [1.165, 1.54) is 55.5 Å². The number of hydrogen-bond acceptors (Lipinski definition) is 6. The first-order valence-electron chi connectivity index (χ1n) is 8.34. The molecule has 7 nitrogen and oxygen atoms in total. The number of aryl methyl sites for hydroxylation is 1. The molecule has 2 aromatic carbocycles. The van der Waals surface area contributed by atoms with E-state index in [1.807, 2.05) is 0 Å². The van der Waals surface area contributed by atoms with Gasteiger partial charge in [-0.1, -0.05) is 22.9 Å². The van der Waals surface area contributed by atoms with E-state index in [0.717, 1.165) is 11.3 Å². The lowest BCUT2D eigenvalue weighted by Crippen LogP contribution is -2.14. The number of rotatable bonds is 6. The van der Waals surface area contributed by atoms with Crippen LogP contribution in [0.1, 0.15) is 32.6 Å². The smallest absolute Gasteiger partial charge is 0.261 e. The first-order valence-corrected chi connectivity index (χ1v) is 11.0. The Bertz CT molecular complexity index is 1170. The molecule has 0 saturated heterocycles. The standard InChI is InChI=1S/C19H16ClN3O4S2/c1-11-17(12(2)24)28-19(21-11)22-18(25)13-3-7-15(8-4-13)23-29(26,27)16-9-5-14(20)6-10-16/h3-10,23H,1-2H3,(H,21,22,25). The molecular formula is C19H16ClN3O4S2. The van der Waals surface area contributed by atoms with Crippen LogP contribution in [0.15, 0.2) is 53.4 Å². The number of nitrogens with zero attached hydrogens (tertiary/aromatic N) is 1. The number of halogens is 1. The molecule has 0 atom stereocenters. The number of benzene rings is 2. The van der Waals surface area contributed by atoms with E-state index in [-0.39, 0.29) is 10.7 Å². The fourth-order valence-electron chi connectivity index (χ4n) is 2.46. The number of ketones is 1. The molecule has 0 aliphatic rings. The zero-order valence-corrected chi connectivity index (χ0v) is 17.8. The minimum atomic E-state index is -3.77. The lowest BCUT2D eigenvalue weighted by atomic mass is 10.2. The topological polar surface area (TPSA) is 105 Å². The molecule has 0 saturated carbocycles. The van der Waals surface area contributed by atoms with Gasteiger partial charge in [-0.15, -0.1) is 0 Å². The van der Waals surface area contributed by atoms with Crippen LogP contribution >= 0.6 is 22.9 Å². The molecule has 10 heteroatoms. The maximum absolute atomic E-state index is 12.4. The summed E-state index contributed by atoms with van der Waals surface area (Å²) in [6.07, 6.45) is 0. The fourth-order valence-corrected chi connectivity index (χ4v) is 4.50. The van der Waals surface area contributed by atoms with Crippen molar-refractivity contribution >= 4 is 55.5 Å². The number of carbonyl (C=O) groups excluding carboxylic acids is 2. The first-order chi connectivity index (χ1) is 13.7. The maximum Gasteiger partial charge on any atom is 0.261 e. The van der Waals surface area contributed by atoms with E-state index in [9.17, 15) is 18.0 Å². The van der Waals surface area contributed by atoms with Gasteiger partial charge >= 0.3 is 0 Å². The molecule has 0 radical (unpaired) electrons. The van der Waals surface area contributed by atoms with Crippen molar-refractivity contribution in [3.8, 4) is 0 Å². The quantitative estimate of drug-likeness (QED) is 0.544. The molecule has 0 aliphatic carbocycles. The van der Waals surface area contributed by atoms with Gasteiger partial charge in [0, 0.05) is 23.2 Å². The second kappa shape index (κ2) is 8.32. The van der Waals surface area contributed by atoms with Crippen molar-refractivity contribution in [1.29, 1.82) is 0 Å². The van der Waals surface area contributed by atoms with E-state index in [2.05, 4.69) is 15.0 Å². The van der Waals surface area contributed by atoms with E-state index < -0.39 is 15.9 Å². The second-order valence-corrected chi connectivity index (χ2v) is 9.20. The van der Waals surface area contributed by atoms with Gasteiger partial charge < -0.3 is 0 Å². The SMILES string of the molecule is CC(=O)c1sc(NC(=O)c2ccc(NS(=O)(=O)c3ccc(Cl)cc3)cc2)nc1C. The molecule has 0 spiro atoms. The van der Waals surface area contributed by atoms with Crippen LogP contribution in [0.3, 0.4) is 0 Å². The Morgan fingerprint density at radius 3 is 2.21 bits per heavy atom. The minimum absolute atomic E-state index is 0.0733. The van der Waals surface area contributed by atoms with Gasteiger partial charge in [0.2, 0.25) is 0 Å². The highest BCUT2D eigenvalue weighted by molar-refractivity contribution is 7.92. The fraction of sp³-hybridized carbons (Fsp3) is 0.105. The molecule has 0 aliphatic heterocycles. The molecule has 2 N–H and O–H groups in total. The molecule has 3 rings (SSSR count). The Balaban J connectivity index is 1.71. The van der Waals surface area contributed by atoms with Gasteiger partial charge in [-0.25, -0.2) is 13.4 Å². The highest BCUT2D eigenvalue weighted by Crippen LogP contribution is 2.24. The zero-order chi connectivity index (χ0) is 21.2. The summed E-state index contributed by atoms with van der Waals surface area (Å²) in [5.41, 5.74) is 1.18. The van der Waals surface area contributed by atoms with Crippen molar-refractivity contribution in [2.75, 3.05) is 10.0 Å². The minimum Gasteiger partial charge on any atom is -0.298 e. The Labute approximate surface area is 176 Å².